The van der Waals surface area contributed by atoms with Crippen LogP contribution in [0.5, 0.6) is 0 Å². The summed E-state index contributed by atoms with van der Waals surface area (Å²) in [4.78, 5) is 0.988. The zero-order valence-electron chi connectivity index (χ0n) is 11.9. The van der Waals surface area contributed by atoms with Gasteiger partial charge in [0.1, 0.15) is 5.82 Å². The molecule has 23 heavy (non-hydrogen) atoms. The van der Waals surface area contributed by atoms with Crippen molar-refractivity contribution in [2.75, 3.05) is 0 Å². The van der Waals surface area contributed by atoms with Crippen LogP contribution in [0.4, 0.5) is 4.39 Å². The fourth-order valence-corrected chi connectivity index (χ4v) is 3.05. The van der Waals surface area contributed by atoms with Crippen LogP contribution < -0.4 is 0 Å². The molecule has 4 rings (SSSR count). The Morgan fingerprint density at radius 2 is 1.74 bits per heavy atom. The van der Waals surface area contributed by atoms with Crippen LogP contribution in [-0.2, 0) is 0 Å². The molecule has 0 radical (unpaired) electrons. The van der Waals surface area contributed by atoms with Crippen molar-refractivity contribution in [3.05, 3.63) is 70.9 Å². The van der Waals surface area contributed by atoms with Gasteiger partial charge in [-0.25, -0.2) is 4.39 Å². The topological polar surface area (TPSA) is 43.1 Å². The van der Waals surface area contributed by atoms with Crippen LogP contribution in [0, 0.1) is 5.82 Å². The van der Waals surface area contributed by atoms with Gasteiger partial charge in [0.2, 0.25) is 5.16 Å². The summed E-state index contributed by atoms with van der Waals surface area (Å²) in [6, 6.07) is 16.2. The molecule has 0 N–H and O–H groups in total. The van der Waals surface area contributed by atoms with Crippen LogP contribution in [0.2, 0.25) is 0 Å². The molecule has 1 aromatic heterocycles. The summed E-state index contributed by atoms with van der Waals surface area (Å²) < 4.78 is 14.7. The van der Waals surface area contributed by atoms with Gasteiger partial charge in [0.05, 0.1) is 6.21 Å². The fourth-order valence-electron chi connectivity index (χ4n) is 2.24. The highest BCUT2D eigenvalue weighted by Crippen LogP contribution is 2.32. The quantitative estimate of drug-likeness (QED) is 0.714. The standard InChI is InChI=1S/C17H11FN4S/c18-14-8-6-13(7-9-14)16-20-21-17-22(16)19-11-15(23-17)10-12-4-2-1-3-5-12/h1-11H. The number of halogens is 1. The van der Waals surface area contributed by atoms with E-state index in [-0.39, 0.29) is 5.82 Å². The predicted molar refractivity (Wildman–Crippen MR) is 89.6 cm³/mol. The first-order valence-electron chi connectivity index (χ1n) is 7.00. The first-order chi connectivity index (χ1) is 11.3. The van der Waals surface area contributed by atoms with Gasteiger partial charge in [-0.15, -0.1) is 10.2 Å². The van der Waals surface area contributed by atoms with Gasteiger partial charge in [-0.1, -0.05) is 30.3 Å². The lowest BCUT2D eigenvalue weighted by molar-refractivity contribution is 0.628. The molecule has 0 atom stereocenters. The highest BCUT2D eigenvalue weighted by atomic mass is 32.2. The van der Waals surface area contributed by atoms with Gasteiger partial charge in [-0.05, 0) is 47.7 Å². The molecule has 6 heteroatoms. The van der Waals surface area contributed by atoms with Crippen molar-refractivity contribution in [2.24, 2.45) is 5.10 Å². The summed E-state index contributed by atoms with van der Waals surface area (Å²) in [5.74, 6) is 0.320. The fraction of sp³-hybridized carbons (Fsp3) is 0. The molecule has 0 bridgehead atoms. The number of hydrogen-bond acceptors (Lipinski definition) is 4. The highest BCUT2D eigenvalue weighted by molar-refractivity contribution is 8.04. The maximum Gasteiger partial charge on any atom is 0.217 e. The van der Waals surface area contributed by atoms with Crippen molar-refractivity contribution in [2.45, 2.75) is 5.16 Å². The SMILES string of the molecule is Fc1ccc(-c2nnc3n2N=CC(=Cc2ccccc2)S3)cc1. The van der Waals surface area contributed by atoms with Crippen LogP contribution in [0.15, 0.2) is 69.8 Å². The number of hydrogen-bond donors (Lipinski definition) is 0. The molecule has 0 spiro atoms. The Bertz CT molecular complexity index is 898. The van der Waals surface area contributed by atoms with Crippen LogP contribution in [-0.4, -0.2) is 21.1 Å². The van der Waals surface area contributed by atoms with Crippen molar-refractivity contribution in [3.63, 3.8) is 0 Å². The second-order valence-corrected chi connectivity index (χ2v) is 5.97. The Morgan fingerprint density at radius 3 is 2.52 bits per heavy atom. The van der Waals surface area contributed by atoms with E-state index in [1.165, 1.54) is 23.9 Å². The number of aromatic nitrogens is 3. The number of allylic oxidation sites excluding steroid dienone is 1. The monoisotopic (exact) mass is 322 g/mol. The van der Waals surface area contributed by atoms with E-state index in [0.717, 1.165) is 16.0 Å². The Morgan fingerprint density at radius 1 is 0.957 bits per heavy atom. The first-order valence-corrected chi connectivity index (χ1v) is 7.81. The van der Waals surface area contributed by atoms with E-state index < -0.39 is 0 Å². The van der Waals surface area contributed by atoms with Gasteiger partial charge in [-0.3, -0.25) is 0 Å². The third kappa shape index (κ3) is 2.80. The molecule has 4 nitrogen and oxygen atoms in total. The molecule has 0 saturated carbocycles. The van der Waals surface area contributed by atoms with Crippen molar-refractivity contribution in [1.29, 1.82) is 0 Å². The average Bonchev–Trinajstić information content (AvgIpc) is 3.00. The summed E-state index contributed by atoms with van der Waals surface area (Å²) in [6.45, 7) is 0. The van der Waals surface area contributed by atoms with Crippen LogP contribution >= 0.6 is 11.8 Å². The van der Waals surface area contributed by atoms with Gasteiger partial charge in [0.25, 0.3) is 0 Å². The molecule has 2 heterocycles. The molecular formula is C17H11FN4S. The molecule has 1 aliphatic heterocycles. The minimum Gasteiger partial charge on any atom is -0.207 e. The van der Waals surface area contributed by atoms with E-state index in [4.69, 9.17) is 0 Å². The summed E-state index contributed by atoms with van der Waals surface area (Å²) in [5, 5.41) is 13.4. The number of benzene rings is 2. The molecule has 112 valence electrons. The van der Waals surface area contributed by atoms with E-state index in [0.29, 0.717) is 11.0 Å². The number of rotatable bonds is 2. The molecule has 0 unspecified atom stereocenters. The Labute approximate surface area is 136 Å². The largest absolute Gasteiger partial charge is 0.217 e. The van der Waals surface area contributed by atoms with Gasteiger partial charge < -0.3 is 0 Å². The number of nitrogens with zero attached hydrogens (tertiary/aromatic N) is 4. The summed E-state index contributed by atoms with van der Waals surface area (Å²) in [6.07, 6.45) is 3.82. The normalized spacial score (nSPS) is 14.9. The number of thioether (sulfide) groups is 1. The molecule has 0 amide bonds. The maximum atomic E-state index is 13.0. The minimum absolute atomic E-state index is 0.280. The van der Waals surface area contributed by atoms with E-state index >= 15 is 0 Å². The summed E-state index contributed by atoms with van der Waals surface area (Å²) >= 11 is 1.50. The van der Waals surface area contributed by atoms with Crippen molar-refractivity contribution >= 4 is 24.1 Å². The lowest BCUT2D eigenvalue weighted by Gasteiger charge is -2.09. The zero-order valence-corrected chi connectivity index (χ0v) is 12.7. The van der Waals surface area contributed by atoms with Crippen LogP contribution in [0.25, 0.3) is 17.5 Å². The molecule has 0 fully saturated rings. The second kappa shape index (κ2) is 5.81. The van der Waals surface area contributed by atoms with Crippen molar-refractivity contribution < 1.29 is 4.39 Å². The minimum atomic E-state index is -0.280. The lowest BCUT2D eigenvalue weighted by Crippen LogP contribution is -2.01. The summed E-state index contributed by atoms with van der Waals surface area (Å²) in [5.41, 5.74) is 1.88. The highest BCUT2D eigenvalue weighted by Gasteiger charge is 2.18. The van der Waals surface area contributed by atoms with Gasteiger partial charge in [-0.2, -0.15) is 9.78 Å². The van der Waals surface area contributed by atoms with Gasteiger partial charge in [0, 0.05) is 10.5 Å². The predicted octanol–water partition coefficient (Wildman–Crippen LogP) is 4.06. The molecular weight excluding hydrogens is 311 g/mol. The third-order valence-electron chi connectivity index (χ3n) is 3.33. The Hall–Kier alpha value is -2.73. The van der Waals surface area contributed by atoms with E-state index in [9.17, 15) is 4.39 Å². The van der Waals surface area contributed by atoms with Gasteiger partial charge in [0.15, 0.2) is 5.82 Å². The first kappa shape index (κ1) is 13.9. The average molecular weight is 322 g/mol. The van der Waals surface area contributed by atoms with E-state index in [1.54, 1.807) is 23.0 Å². The van der Waals surface area contributed by atoms with Crippen LogP contribution in [0.3, 0.4) is 0 Å². The van der Waals surface area contributed by atoms with Crippen molar-refractivity contribution in [3.8, 4) is 11.4 Å². The van der Waals surface area contributed by atoms with E-state index in [1.807, 2.05) is 36.4 Å². The lowest BCUT2D eigenvalue weighted by atomic mass is 10.2. The second-order valence-electron chi connectivity index (χ2n) is 4.93. The smallest absolute Gasteiger partial charge is 0.207 e. The summed E-state index contributed by atoms with van der Waals surface area (Å²) in [7, 11) is 0. The molecule has 3 aromatic rings. The zero-order chi connectivity index (χ0) is 15.6. The Balaban J connectivity index is 1.66. The van der Waals surface area contributed by atoms with Gasteiger partial charge >= 0.3 is 0 Å². The molecule has 0 aliphatic carbocycles. The maximum absolute atomic E-state index is 13.0. The molecule has 1 aliphatic rings. The molecule has 2 aromatic carbocycles. The van der Waals surface area contributed by atoms with Crippen LogP contribution in [0.1, 0.15) is 5.56 Å². The van der Waals surface area contributed by atoms with Crippen molar-refractivity contribution in [1.82, 2.24) is 14.9 Å². The third-order valence-corrected chi connectivity index (χ3v) is 4.23. The Kier molecular flexibility index (Phi) is 3.51. The number of fused-ring (bicyclic) bond motifs is 1. The van der Waals surface area contributed by atoms with E-state index in [2.05, 4.69) is 15.3 Å². The molecule has 0 saturated heterocycles.